The molecule has 0 saturated carbocycles. The zero-order valence-electron chi connectivity index (χ0n) is 11.5. The average Bonchev–Trinajstić information content (AvgIpc) is 2.78. The molecule has 0 saturated heterocycles. The van der Waals surface area contributed by atoms with E-state index < -0.39 is 0 Å². The second kappa shape index (κ2) is 5.08. The van der Waals surface area contributed by atoms with Crippen molar-refractivity contribution in [1.82, 2.24) is 5.16 Å². The molecule has 0 amide bonds. The molecule has 0 radical (unpaired) electrons. The Kier molecular flexibility index (Phi) is 3.28. The van der Waals surface area contributed by atoms with Crippen LogP contribution in [0.3, 0.4) is 0 Å². The van der Waals surface area contributed by atoms with Crippen LogP contribution in [0.2, 0.25) is 0 Å². The Balaban J connectivity index is 1.74. The lowest BCUT2D eigenvalue weighted by Gasteiger charge is -2.10. The standard InChI is InChI=1S/C16H19NO2/c1-11-7-12(2)9-13(8-11)18-10-15-14-5-3-4-6-16(14)19-17-15/h7-9H,3-6,10H2,1-2H3. The molecule has 19 heavy (non-hydrogen) atoms. The van der Waals surface area contributed by atoms with Gasteiger partial charge in [0.2, 0.25) is 0 Å². The first-order valence-corrected chi connectivity index (χ1v) is 6.90. The normalized spacial score (nSPS) is 14.2. The maximum Gasteiger partial charge on any atom is 0.140 e. The highest BCUT2D eigenvalue weighted by atomic mass is 16.5. The Morgan fingerprint density at radius 1 is 1.11 bits per heavy atom. The minimum atomic E-state index is 0.502. The van der Waals surface area contributed by atoms with Crippen LogP contribution in [-0.4, -0.2) is 5.16 Å². The van der Waals surface area contributed by atoms with Crippen LogP contribution < -0.4 is 4.74 Å². The summed E-state index contributed by atoms with van der Waals surface area (Å²) in [5, 5.41) is 4.16. The van der Waals surface area contributed by atoms with Gasteiger partial charge in [-0.15, -0.1) is 0 Å². The third kappa shape index (κ3) is 2.65. The van der Waals surface area contributed by atoms with Crippen LogP contribution in [0.15, 0.2) is 22.7 Å². The van der Waals surface area contributed by atoms with Crippen LogP contribution in [0.25, 0.3) is 0 Å². The van der Waals surface area contributed by atoms with Gasteiger partial charge in [-0.05, 0) is 56.4 Å². The maximum atomic E-state index is 5.86. The molecule has 3 heteroatoms. The lowest BCUT2D eigenvalue weighted by Crippen LogP contribution is -2.04. The first-order valence-electron chi connectivity index (χ1n) is 6.90. The van der Waals surface area contributed by atoms with Crippen molar-refractivity contribution >= 4 is 0 Å². The fraction of sp³-hybridized carbons (Fsp3) is 0.438. The minimum Gasteiger partial charge on any atom is -0.487 e. The predicted molar refractivity (Wildman–Crippen MR) is 73.4 cm³/mol. The van der Waals surface area contributed by atoms with Crippen LogP contribution in [0, 0.1) is 13.8 Å². The van der Waals surface area contributed by atoms with E-state index in [4.69, 9.17) is 9.26 Å². The molecule has 0 aliphatic heterocycles. The van der Waals surface area contributed by atoms with Gasteiger partial charge in [0.25, 0.3) is 0 Å². The summed E-state index contributed by atoms with van der Waals surface area (Å²) in [7, 11) is 0. The molecule has 3 nitrogen and oxygen atoms in total. The highest BCUT2D eigenvalue weighted by molar-refractivity contribution is 5.33. The fourth-order valence-electron chi connectivity index (χ4n) is 2.73. The average molecular weight is 257 g/mol. The minimum absolute atomic E-state index is 0.502. The van der Waals surface area contributed by atoms with Gasteiger partial charge in [0.1, 0.15) is 23.8 Å². The van der Waals surface area contributed by atoms with Gasteiger partial charge < -0.3 is 9.26 Å². The highest BCUT2D eigenvalue weighted by Crippen LogP contribution is 2.25. The molecule has 0 N–H and O–H groups in total. The summed E-state index contributed by atoms with van der Waals surface area (Å²) in [6, 6.07) is 6.25. The third-order valence-electron chi connectivity index (χ3n) is 3.60. The molecule has 0 bridgehead atoms. The number of hydrogen-bond donors (Lipinski definition) is 0. The number of fused-ring (bicyclic) bond motifs is 1. The molecule has 0 spiro atoms. The first kappa shape index (κ1) is 12.3. The molecule has 1 aliphatic carbocycles. The van der Waals surface area contributed by atoms with Crippen molar-refractivity contribution in [3.63, 3.8) is 0 Å². The molecule has 1 aliphatic rings. The number of rotatable bonds is 3. The van der Waals surface area contributed by atoms with Crippen molar-refractivity contribution < 1.29 is 9.26 Å². The predicted octanol–water partition coefficient (Wildman–Crippen LogP) is 3.75. The lowest BCUT2D eigenvalue weighted by atomic mass is 9.97. The van der Waals surface area contributed by atoms with Gasteiger partial charge in [0.15, 0.2) is 0 Å². The molecular weight excluding hydrogens is 238 g/mol. The number of aryl methyl sites for hydroxylation is 3. The van der Waals surface area contributed by atoms with Gasteiger partial charge >= 0.3 is 0 Å². The topological polar surface area (TPSA) is 35.3 Å². The number of aromatic nitrogens is 1. The lowest BCUT2D eigenvalue weighted by molar-refractivity contribution is 0.286. The van der Waals surface area contributed by atoms with Crippen LogP contribution in [-0.2, 0) is 19.4 Å². The van der Waals surface area contributed by atoms with E-state index in [0.717, 1.165) is 30.0 Å². The zero-order chi connectivity index (χ0) is 13.2. The van der Waals surface area contributed by atoms with E-state index >= 15 is 0 Å². The molecule has 2 aromatic rings. The molecule has 0 unspecified atom stereocenters. The molecule has 3 rings (SSSR count). The van der Waals surface area contributed by atoms with E-state index in [9.17, 15) is 0 Å². The fourth-order valence-corrected chi connectivity index (χ4v) is 2.73. The monoisotopic (exact) mass is 257 g/mol. The van der Waals surface area contributed by atoms with Crippen molar-refractivity contribution in [1.29, 1.82) is 0 Å². The van der Waals surface area contributed by atoms with Crippen molar-refractivity contribution in [3.8, 4) is 5.75 Å². The van der Waals surface area contributed by atoms with Crippen molar-refractivity contribution in [2.45, 2.75) is 46.1 Å². The van der Waals surface area contributed by atoms with E-state index in [2.05, 4.69) is 37.2 Å². The zero-order valence-corrected chi connectivity index (χ0v) is 11.5. The van der Waals surface area contributed by atoms with E-state index in [1.54, 1.807) is 0 Å². The van der Waals surface area contributed by atoms with E-state index in [1.807, 2.05) is 0 Å². The Labute approximate surface area is 113 Å². The van der Waals surface area contributed by atoms with Gasteiger partial charge in [-0.3, -0.25) is 0 Å². The SMILES string of the molecule is Cc1cc(C)cc(OCc2noc3c2CCCC3)c1. The Hall–Kier alpha value is -1.77. The molecule has 0 fully saturated rings. The van der Waals surface area contributed by atoms with Crippen LogP contribution in [0.4, 0.5) is 0 Å². The largest absolute Gasteiger partial charge is 0.487 e. The number of ether oxygens (including phenoxy) is 1. The van der Waals surface area contributed by atoms with Crippen LogP contribution in [0.5, 0.6) is 5.75 Å². The summed E-state index contributed by atoms with van der Waals surface area (Å²) < 4.78 is 11.2. The smallest absolute Gasteiger partial charge is 0.140 e. The van der Waals surface area contributed by atoms with Crippen LogP contribution in [0.1, 0.15) is 41.0 Å². The second-order valence-electron chi connectivity index (χ2n) is 5.35. The number of nitrogens with zero attached hydrogens (tertiary/aromatic N) is 1. The summed E-state index contributed by atoms with van der Waals surface area (Å²) >= 11 is 0. The van der Waals surface area contributed by atoms with Crippen molar-refractivity contribution in [2.24, 2.45) is 0 Å². The van der Waals surface area contributed by atoms with Gasteiger partial charge in [0.05, 0.1) is 0 Å². The van der Waals surface area contributed by atoms with Gasteiger partial charge in [0, 0.05) is 12.0 Å². The van der Waals surface area contributed by atoms with Crippen LogP contribution >= 0.6 is 0 Å². The van der Waals surface area contributed by atoms with E-state index in [-0.39, 0.29) is 0 Å². The second-order valence-corrected chi connectivity index (χ2v) is 5.35. The summed E-state index contributed by atoms with van der Waals surface area (Å²) in [6.45, 7) is 4.66. The molecule has 0 atom stereocenters. The Morgan fingerprint density at radius 3 is 2.63 bits per heavy atom. The van der Waals surface area contributed by atoms with E-state index in [1.165, 1.54) is 29.5 Å². The summed E-state index contributed by atoms with van der Waals surface area (Å²) in [5.41, 5.74) is 4.68. The van der Waals surface area contributed by atoms with Gasteiger partial charge in [-0.1, -0.05) is 11.2 Å². The molecule has 1 aromatic heterocycles. The summed E-state index contributed by atoms with van der Waals surface area (Å²) in [5.74, 6) is 1.97. The number of hydrogen-bond acceptors (Lipinski definition) is 3. The van der Waals surface area contributed by atoms with Gasteiger partial charge in [-0.2, -0.15) is 0 Å². The molecule has 1 aromatic carbocycles. The number of benzene rings is 1. The molecule has 1 heterocycles. The van der Waals surface area contributed by atoms with Gasteiger partial charge in [-0.25, -0.2) is 0 Å². The molecule has 100 valence electrons. The first-order chi connectivity index (χ1) is 9.22. The maximum absolute atomic E-state index is 5.86. The quantitative estimate of drug-likeness (QED) is 0.840. The van der Waals surface area contributed by atoms with Crippen molar-refractivity contribution in [3.05, 3.63) is 46.3 Å². The molecular formula is C16H19NO2. The van der Waals surface area contributed by atoms with Crippen molar-refractivity contribution in [2.75, 3.05) is 0 Å². The Morgan fingerprint density at radius 2 is 1.84 bits per heavy atom. The Bertz CT molecular complexity index is 566. The summed E-state index contributed by atoms with van der Waals surface area (Å²) in [4.78, 5) is 0. The summed E-state index contributed by atoms with van der Waals surface area (Å²) in [6.07, 6.45) is 4.53. The third-order valence-corrected chi connectivity index (χ3v) is 3.60. The van der Waals surface area contributed by atoms with E-state index in [0.29, 0.717) is 6.61 Å². The highest BCUT2D eigenvalue weighted by Gasteiger charge is 2.19.